The van der Waals surface area contributed by atoms with Crippen LogP contribution in [-0.2, 0) is 17.9 Å². The van der Waals surface area contributed by atoms with E-state index in [1.807, 2.05) is 29.5 Å². The van der Waals surface area contributed by atoms with Gasteiger partial charge in [0.15, 0.2) is 5.82 Å². The Morgan fingerprint density at radius 3 is 2.84 bits per heavy atom. The van der Waals surface area contributed by atoms with Crippen molar-refractivity contribution in [2.75, 3.05) is 6.54 Å². The van der Waals surface area contributed by atoms with E-state index in [2.05, 4.69) is 26.8 Å². The molecular formula is C18H28N6O. The second kappa shape index (κ2) is 7.80. The van der Waals surface area contributed by atoms with Crippen LogP contribution in [0.25, 0.3) is 0 Å². The molecule has 7 heteroatoms. The molecule has 0 bridgehead atoms. The van der Waals surface area contributed by atoms with Crippen LogP contribution in [0.15, 0.2) is 12.4 Å². The monoisotopic (exact) mass is 344 g/mol. The molecule has 0 unspecified atom stereocenters. The van der Waals surface area contributed by atoms with Crippen molar-refractivity contribution in [2.24, 2.45) is 0 Å². The molecule has 3 rings (SSSR count). The minimum atomic E-state index is 0.0516. The predicted molar refractivity (Wildman–Crippen MR) is 94.9 cm³/mol. The van der Waals surface area contributed by atoms with E-state index in [1.165, 1.54) is 0 Å². The number of rotatable bonds is 6. The fraction of sp³-hybridized carbons (Fsp3) is 0.667. The van der Waals surface area contributed by atoms with Crippen LogP contribution in [0.4, 0.5) is 0 Å². The Morgan fingerprint density at radius 1 is 1.28 bits per heavy atom. The van der Waals surface area contributed by atoms with Gasteiger partial charge >= 0.3 is 0 Å². The number of nitrogens with zero attached hydrogens (tertiary/aromatic N) is 6. The van der Waals surface area contributed by atoms with Crippen molar-refractivity contribution < 1.29 is 4.79 Å². The molecule has 0 radical (unpaired) electrons. The molecular weight excluding hydrogens is 316 g/mol. The number of aromatic nitrogens is 5. The third-order valence-electron chi connectivity index (χ3n) is 4.87. The lowest BCUT2D eigenvalue weighted by atomic mass is 10.0. The molecule has 1 atom stereocenters. The highest BCUT2D eigenvalue weighted by Gasteiger charge is 2.31. The molecule has 25 heavy (non-hydrogen) atoms. The van der Waals surface area contributed by atoms with Crippen molar-refractivity contribution in [2.45, 2.75) is 72.0 Å². The van der Waals surface area contributed by atoms with Crippen molar-refractivity contribution in [1.82, 2.24) is 29.4 Å². The van der Waals surface area contributed by atoms with Crippen molar-refractivity contribution in [3.8, 4) is 0 Å². The van der Waals surface area contributed by atoms with Crippen LogP contribution in [0, 0.1) is 13.8 Å². The summed E-state index contributed by atoms with van der Waals surface area (Å²) in [5.41, 5.74) is 2.09. The number of carbonyl (C=O) groups excluding carboxylic acids is 1. The Hall–Kier alpha value is -2.18. The van der Waals surface area contributed by atoms with Gasteiger partial charge in [-0.2, -0.15) is 5.10 Å². The molecule has 0 saturated carbocycles. The lowest BCUT2D eigenvalue weighted by Gasteiger charge is -2.35. The molecule has 1 amide bonds. The molecule has 7 nitrogen and oxygen atoms in total. The lowest BCUT2D eigenvalue weighted by Crippen LogP contribution is -2.40. The maximum absolute atomic E-state index is 12.9. The lowest BCUT2D eigenvalue weighted by molar-refractivity contribution is -0.135. The van der Waals surface area contributed by atoms with Crippen LogP contribution in [0.5, 0.6) is 0 Å². The van der Waals surface area contributed by atoms with Crippen molar-refractivity contribution in [1.29, 1.82) is 0 Å². The zero-order valence-corrected chi connectivity index (χ0v) is 15.5. The first-order chi connectivity index (χ1) is 12.1. The van der Waals surface area contributed by atoms with Crippen LogP contribution < -0.4 is 0 Å². The summed E-state index contributed by atoms with van der Waals surface area (Å²) in [6, 6.07) is 2.09. The fourth-order valence-electron chi connectivity index (χ4n) is 3.68. The molecule has 0 aliphatic carbocycles. The maximum atomic E-state index is 12.9. The Kier molecular flexibility index (Phi) is 5.50. The molecule has 1 aliphatic heterocycles. The van der Waals surface area contributed by atoms with Gasteiger partial charge in [0.1, 0.15) is 6.33 Å². The molecule has 0 N–H and O–H groups in total. The van der Waals surface area contributed by atoms with Gasteiger partial charge in [-0.1, -0.05) is 6.92 Å². The van der Waals surface area contributed by atoms with Crippen molar-refractivity contribution >= 4 is 5.91 Å². The molecule has 2 aromatic rings. The molecule has 3 heterocycles. The first kappa shape index (κ1) is 17.6. The average molecular weight is 344 g/mol. The van der Waals surface area contributed by atoms with Gasteiger partial charge in [-0.25, -0.2) is 0 Å². The van der Waals surface area contributed by atoms with Crippen LogP contribution in [0.3, 0.4) is 0 Å². The van der Waals surface area contributed by atoms with Crippen LogP contribution >= 0.6 is 0 Å². The summed E-state index contributed by atoms with van der Waals surface area (Å²) in [5.74, 6) is 1.12. The second-order valence-corrected chi connectivity index (χ2v) is 6.88. The van der Waals surface area contributed by atoms with E-state index < -0.39 is 0 Å². The fourth-order valence-corrected chi connectivity index (χ4v) is 3.68. The van der Waals surface area contributed by atoms with Crippen molar-refractivity contribution in [3.05, 3.63) is 29.6 Å². The third-order valence-corrected chi connectivity index (χ3v) is 4.87. The van der Waals surface area contributed by atoms with E-state index in [1.54, 1.807) is 6.33 Å². The summed E-state index contributed by atoms with van der Waals surface area (Å²) in [6.45, 7) is 8.48. The third kappa shape index (κ3) is 3.91. The van der Waals surface area contributed by atoms with E-state index in [0.717, 1.165) is 56.0 Å². The Bertz CT molecular complexity index is 719. The molecule has 1 fully saturated rings. The zero-order chi connectivity index (χ0) is 17.8. The van der Waals surface area contributed by atoms with Gasteiger partial charge in [0.25, 0.3) is 0 Å². The number of carbonyl (C=O) groups is 1. The topological polar surface area (TPSA) is 68.8 Å². The molecule has 1 aliphatic rings. The molecule has 136 valence electrons. The number of amides is 1. The van der Waals surface area contributed by atoms with Crippen LogP contribution in [-0.4, -0.2) is 41.9 Å². The van der Waals surface area contributed by atoms with E-state index in [9.17, 15) is 4.79 Å². The minimum absolute atomic E-state index is 0.0516. The highest BCUT2D eigenvalue weighted by atomic mass is 16.2. The van der Waals surface area contributed by atoms with Crippen LogP contribution in [0.1, 0.15) is 62.3 Å². The zero-order valence-electron chi connectivity index (χ0n) is 15.5. The number of piperidine rings is 1. The van der Waals surface area contributed by atoms with Gasteiger partial charge in [-0.3, -0.25) is 9.48 Å². The van der Waals surface area contributed by atoms with E-state index in [0.29, 0.717) is 13.0 Å². The number of aryl methyl sites for hydroxylation is 4. The van der Waals surface area contributed by atoms with E-state index in [4.69, 9.17) is 0 Å². The van der Waals surface area contributed by atoms with E-state index in [-0.39, 0.29) is 11.9 Å². The highest BCUT2D eigenvalue weighted by molar-refractivity contribution is 5.76. The highest BCUT2D eigenvalue weighted by Crippen LogP contribution is 2.30. The minimum Gasteiger partial charge on any atom is -0.332 e. The van der Waals surface area contributed by atoms with Gasteiger partial charge in [-0.05, 0) is 45.6 Å². The van der Waals surface area contributed by atoms with Gasteiger partial charge in [0.2, 0.25) is 5.91 Å². The maximum Gasteiger partial charge on any atom is 0.225 e. The average Bonchev–Trinajstić information content (AvgIpc) is 3.19. The van der Waals surface area contributed by atoms with E-state index >= 15 is 0 Å². The second-order valence-electron chi connectivity index (χ2n) is 6.88. The number of hydrogen-bond donors (Lipinski definition) is 0. The molecule has 0 spiro atoms. The van der Waals surface area contributed by atoms with Gasteiger partial charge in [0, 0.05) is 31.7 Å². The summed E-state index contributed by atoms with van der Waals surface area (Å²) < 4.78 is 4.02. The summed E-state index contributed by atoms with van der Waals surface area (Å²) in [4.78, 5) is 14.9. The summed E-state index contributed by atoms with van der Waals surface area (Å²) in [7, 11) is 0. The Balaban J connectivity index is 1.70. The summed E-state index contributed by atoms with van der Waals surface area (Å²) >= 11 is 0. The normalized spacial score (nSPS) is 17.9. The van der Waals surface area contributed by atoms with Gasteiger partial charge in [0.05, 0.1) is 11.7 Å². The first-order valence-electron chi connectivity index (χ1n) is 9.28. The molecule has 0 aromatic carbocycles. The largest absolute Gasteiger partial charge is 0.332 e. The SMILES string of the molecule is CCCn1cnnc1[C@H]1CCCCN1C(=O)CCn1nc(C)cc1C. The standard InChI is InChI=1S/C18H28N6O/c1-4-9-22-13-19-20-18(22)16-7-5-6-10-23(16)17(25)8-11-24-15(3)12-14(2)21-24/h12-13,16H,4-11H2,1-3H3/t16-/m1/s1. The molecule has 1 saturated heterocycles. The Morgan fingerprint density at radius 2 is 2.12 bits per heavy atom. The number of hydrogen-bond acceptors (Lipinski definition) is 4. The van der Waals surface area contributed by atoms with Gasteiger partial charge in [-0.15, -0.1) is 10.2 Å². The van der Waals surface area contributed by atoms with Crippen molar-refractivity contribution in [3.63, 3.8) is 0 Å². The Labute approximate surface area is 149 Å². The number of likely N-dealkylation sites (tertiary alicyclic amines) is 1. The molecule has 2 aromatic heterocycles. The predicted octanol–water partition coefficient (Wildman–Crippen LogP) is 2.65. The van der Waals surface area contributed by atoms with Crippen LogP contribution in [0.2, 0.25) is 0 Å². The smallest absolute Gasteiger partial charge is 0.225 e. The summed E-state index contributed by atoms with van der Waals surface area (Å²) in [5, 5.41) is 12.9. The quantitative estimate of drug-likeness (QED) is 0.808. The first-order valence-corrected chi connectivity index (χ1v) is 9.28. The summed E-state index contributed by atoms with van der Waals surface area (Å²) in [6.07, 6.45) is 6.44. The van der Waals surface area contributed by atoms with Gasteiger partial charge < -0.3 is 9.47 Å².